The zero-order chi connectivity index (χ0) is 15.2. The van der Waals surface area contributed by atoms with E-state index in [9.17, 15) is 9.90 Å². The van der Waals surface area contributed by atoms with Crippen LogP contribution in [-0.2, 0) is 0 Å². The standard InChI is InChI=1S/C13H23N5O3/c1-2-17(3-4-19)6-10-7-18(8-11(10)9-20)13(21)12-5-14-16-15-12/h5,10-11,19-20H,2-4,6-9H2,1H3,(H,14,15,16)/t10-,11-/m1/s1. The highest BCUT2D eigenvalue weighted by Crippen LogP contribution is 2.25. The normalized spacial score (nSPS) is 22.2. The lowest BCUT2D eigenvalue weighted by molar-refractivity contribution is 0.0772. The van der Waals surface area contributed by atoms with E-state index in [2.05, 4.69) is 20.3 Å². The number of nitrogens with zero attached hydrogens (tertiary/aromatic N) is 4. The average molecular weight is 297 g/mol. The van der Waals surface area contributed by atoms with Gasteiger partial charge in [0, 0.05) is 38.7 Å². The van der Waals surface area contributed by atoms with E-state index < -0.39 is 0 Å². The van der Waals surface area contributed by atoms with Gasteiger partial charge in [-0.2, -0.15) is 15.4 Å². The first-order chi connectivity index (χ1) is 10.2. The van der Waals surface area contributed by atoms with Gasteiger partial charge >= 0.3 is 0 Å². The van der Waals surface area contributed by atoms with Gasteiger partial charge < -0.3 is 20.0 Å². The molecule has 0 saturated carbocycles. The lowest BCUT2D eigenvalue weighted by atomic mass is 9.96. The van der Waals surface area contributed by atoms with Crippen molar-refractivity contribution in [2.75, 3.05) is 45.9 Å². The van der Waals surface area contributed by atoms with Crippen molar-refractivity contribution >= 4 is 5.91 Å². The van der Waals surface area contributed by atoms with Crippen LogP contribution in [0.3, 0.4) is 0 Å². The Morgan fingerprint density at radius 1 is 1.48 bits per heavy atom. The topological polar surface area (TPSA) is 106 Å². The average Bonchev–Trinajstić information content (AvgIpc) is 3.15. The molecule has 3 N–H and O–H groups in total. The van der Waals surface area contributed by atoms with Gasteiger partial charge in [-0.05, 0) is 12.5 Å². The minimum absolute atomic E-state index is 0.0595. The van der Waals surface area contributed by atoms with Gasteiger partial charge in [0.1, 0.15) is 0 Å². The van der Waals surface area contributed by atoms with Gasteiger partial charge in [-0.3, -0.25) is 4.79 Å². The SMILES string of the molecule is CCN(CCO)C[C@@H]1CN(C(=O)c2cn[nH]n2)C[C@@H]1CO. The number of likely N-dealkylation sites (tertiary alicyclic amines) is 1. The summed E-state index contributed by atoms with van der Waals surface area (Å²) in [6, 6.07) is 0. The molecule has 1 aliphatic rings. The number of rotatable bonds is 7. The Labute approximate surface area is 123 Å². The third-order valence-corrected chi connectivity index (χ3v) is 4.09. The molecular weight excluding hydrogens is 274 g/mol. The number of likely N-dealkylation sites (N-methyl/N-ethyl adjacent to an activating group) is 1. The van der Waals surface area contributed by atoms with Gasteiger partial charge in [-0.25, -0.2) is 0 Å². The molecule has 21 heavy (non-hydrogen) atoms. The Balaban J connectivity index is 1.98. The highest BCUT2D eigenvalue weighted by molar-refractivity contribution is 5.92. The molecule has 2 atom stereocenters. The lowest BCUT2D eigenvalue weighted by Gasteiger charge is -2.25. The number of hydrogen-bond donors (Lipinski definition) is 3. The minimum atomic E-state index is -0.157. The molecular formula is C13H23N5O3. The maximum atomic E-state index is 12.3. The molecule has 8 nitrogen and oxygen atoms in total. The van der Waals surface area contributed by atoms with E-state index in [0.29, 0.717) is 25.3 Å². The van der Waals surface area contributed by atoms with Crippen LogP contribution in [0.25, 0.3) is 0 Å². The summed E-state index contributed by atoms with van der Waals surface area (Å²) in [6.45, 7) is 5.56. The molecule has 0 aliphatic carbocycles. The minimum Gasteiger partial charge on any atom is -0.396 e. The van der Waals surface area contributed by atoms with Crippen molar-refractivity contribution in [2.45, 2.75) is 6.92 Å². The summed E-state index contributed by atoms with van der Waals surface area (Å²) in [6.07, 6.45) is 1.41. The first kappa shape index (κ1) is 15.9. The van der Waals surface area contributed by atoms with Gasteiger partial charge in [0.05, 0.1) is 12.8 Å². The Kier molecular flexibility index (Phi) is 5.66. The molecule has 1 amide bonds. The fourth-order valence-electron chi connectivity index (χ4n) is 2.84. The van der Waals surface area contributed by atoms with Crippen molar-refractivity contribution in [3.05, 3.63) is 11.9 Å². The van der Waals surface area contributed by atoms with Crippen LogP contribution in [0.5, 0.6) is 0 Å². The number of carbonyl (C=O) groups is 1. The summed E-state index contributed by atoms with van der Waals surface area (Å²) < 4.78 is 0. The van der Waals surface area contributed by atoms with Crippen molar-refractivity contribution in [3.63, 3.8) is 0 Å². The van der Waals surface area contributed by atoms with Gasteiger partial charge in [0.15, 0.2) is 5.69 Å². The number of aromatic amines is 1. The fraction of sp³-hybridized carbons (Fsp3) is 0.769. The second-order valence-electron chi connectivity index (χ2n) is 5.38. The summed E-state index contributed by atoms with van der Waals surface area (Å²) >= 11 is 0. The van der Waals surface area contributed by atoms with Crippen molar-refractivity contribution < 1.29 is 15.0 Å². The molecule has 2 rings (SSSR count). The number of H-pyrrole nitrogens is 1. The smallest absolute Gasteiger partial charge is 0.276 e. The van der Waals surface area contributed by atoms with Crippen LogP contribution in [0.2, 0.25) is 0 Å². The molecule has 0 spiro atoms. The van der Waals surface area contributed by atoms with Crippen molar-refractivity contribution in [3.8, 4) is 0 Å². The highest BCUT2D eigenvalue weighted by atomic mass is 16.3. The molecule has 1 aromatic heterocycles. The number of carbonyl (C=O) groups excluding carboxylic acids is 1. The van der Waals surface area contributed by atoms with Gasteiger partial charge in [0.2, 0.25) is 0 Å². The third kappa shape index (κ3) is 3.78. The Bertz CT molecular complexity index is 439. The maximum absolute atomic E-state index is 12.3. The summed E-state index contributed by atoms with van der Waals surface area (Å²) in [7, 11) is 0. The first-order valence-corrected chi connectivity index (χ1v) is 7.28. The third-order valence-electron chi connectivity index (χ3n) is 4.09. The summed E-state index contributed by atoms with van der Waals surface area (Å²) in [5.74, 6) is 0.112. The van der Waals surface area contributed by atoms with E-state index in [1.165, 1.54) is 6.20 Å². The maximum Gasteiger partial charge on any atom is 0.276 e. The van der Waals surface area contributed by atoms with Crippen molar-refractivity contribution in [2.24, 2.45) is 11.8 Å². The lowest BCUT2D eigenvalue weighted by Crippen LogP contribution is -2.36. The molecule has 0 bridgehead atoms. The molecule has 1 saturated heterocycles. The zero-order valence-corrected chi connectivity index (χ0v) is 12.3. The van der Waals surface area contributed by atoms with E-state index >= 15 is 0 Å². The van der Waals surface area contributed by atoms with E-state index in [1.54, 1.807) is 4.90 Å². The van der Waals surface area contributed by atoms with Crippen LogP contribution in [0, 0.1) is 11.8 Å². The monoisotopic (exact) mass is 297 g/mol. The number of hydrogen-bond acceptors (Lipinski definition) is 6. The number of aromatic nitrogens is 3. The number of amides is 1. The molecule has 1 aliphatic heterocycles. The van der Waals surface area contributed by atoms with Crippen LogP contribution >= 0.6 is 0 Å². The molecule has 0 aromatic carbocycles. The van der Waals surface area contributed by atoms with E-state index in [0.717, 1.165) is 13.1 Å². The van der Waals surface area contributed by atoms with Crippen molar-refractivity contribution in [1.29, 1.82) is 0 Å². The van der Waals surface area contributed by atoms with Gasteiger partial charge in [-0.15, -0.1) is 0 Å². The Morgan fingerprint density at radius 2 is 2.24 bits per heavy atom. The largest absolute Gasteiger partial charge is 0.396 e. The van der Waals surface area contributed by atoms with Gasteiger partial charge in [-0.1, -0.05) is 6.92 Å². The molecule has 118 valence electrons. The quantitative estimate of drug-likeness (QED) is 0.584. The molecule has 2 heterocycles. The van der Waals surface area contributed by atoms with Crippen LogP contribution in [-0.4, -0.2) is 87.3 Å². The molecule has 0 radical (unpaired) electrons. The molecule has 1 fully saturated rings. The summed E-state index contributed by atoms with van der Waals surface area (Å²) in [5, 5.41) is 28.5. The fourth-order valence-corrected chi connectivity index (χ4v) is 2.84. The zero-order valence-electron chi connectivity index (χ0n) is 12.3. The molecule has 0 unspecified atom stereocenters. The predicted octanol–water partition coefficient (Wildman–Crippen LogP) is -1.20. The highest BCUT2D eigenvalue weighted by Gasteiger charge is 2.36. The molecule has 1 aromatic rings. The van der Waals surface area contributed by atoms with Crippen molar-refractivity contribution in [1.82, 2.24) is 25.2 Å². The van der Waals surface area contributed by atoms with E-state index in [4.69, 9.17) is 5.11 Å². The van der Waals surface area contributed by atoms with Crippen LogP contribution < -0.4 is 0 Å². The van der Waals surface area contributed by atoms with Gasteiger partial charge in [0.25, 0.3) is 5.91 Å². The predicted molar refractivity (Wildman–Crippen MR) is 75.6 cm³/mol. The first-order valence-electron chi connectivity index (χ1n) is 7.28. The van der Waals surface area contributed by atoms with Crippen LogP contribution in [0.4, 0.5) is 0 Å². The summed E-state index contributed by atoms with van der Waals surface area (Å²) in [4.78, 5) is 16.1. The second-order valence-corrected chi connectivity index (χ2v) is 5.38. The second kappa shape index (κ2) is 7.48. The number of aliphatic hydroxyl groups excluding tert-OH is 2. The number of nitrogens with one attached hydrogen (secondary N) is 1. The number of aliphatic hydroxyl groups is 2. The Morgan fingerprint density at radius 3 is 2.81 bits per heavy atom. The molecule has 8 heteroatoms. The van der Waals surface area contributed by atoms with E-state index in [-0.39, 0.29) is 31.0 Å². The van der Waals surface area contributed by atoms with E-state index in [1.807, 2.05) is 6.92 Å². The Hall–Kier alpha value is -1.51. The summed E-state index contributed by atoms with van der Waals surface area (Å²) in [5.41, 5.74) is 0.301. The van der Waals surface area contributed by atoms with Crippen LogP contribution in [0.15, 0.2) is 6.20 Å². The van der Waals surface area contributed by atoms with Crippen LogP contribution in [0.1, 0.15) is 17.4 Å².